The number of rotatable bonds is 10. The van der Waals surface area contributed by atoms with Gasteiger partial charge in [-0.1, -0.05) is 0 Å². The Morgan fingerprint density at radius 2 is 1.78 bits per heavy atom. The first kappa shape index (κ1) is 20.6. The molecule has 0 aliphatic carbocycles. The number of hydrogen-bond donors (Lipinski definition) is 2. The Bertz CT molecular complexity index is 713. The number of benzene rings is 1. The largest absolute Gasteiger partial charge is 0.372 e. The minimum absolute atomic E-state index is 0.184. The van der Waals surface area contributed by atoms with Crippen molar-refractivity contribution in [1.29, 1.82) is 0 Å². The van der Waals surface area contributed by atoms with Gasteiger partial charge in [0.05, 0.1) is 0 Å². The van der Waals surface area contributed by atoms with Gasteiger partial charge in [0, 0.05) is 37.2 Å². The monoisotopic (exact) mass is 370 g/mol. The van der Waals surface area contributed by atoms with E-state index in [0.717, 1.165) is 31.7 Å². The van der Waals surface area contributed by atoms with Crippen molar-refractivity contribution in [2.24, 2.45) is 0 Å². The van der Waals surface area contributed by atoms with Gasteiger partial charge in [0.15, 0.2) is 0 Å². The van der Waals surface area contributed by atoms with Gasteiger partial charge in [0.2, 0.25) is 5.95 Å². The van der Waals surface area contributed by atoms with Crippen molar-refractivity contribution < 1.29 is 4.79 Å². The molecule has 7 heteroatoms. The van der Waals surface area contributed by atoms with Gasteiger partial charge in [0.25, 0.3) is 5.91 Å². The highest BCUT2D eigenvalue weighted by molar-refractivity contribution is 5.92. The van der Waals surface area contributed by atoms with Gasteiger partial charge >= 0.3 is 0 Å². The Labute approximate surface area is 161 Å². The molecule has 1 amide bonds. The molecule has 2 N–H and O–H groups in total. The van der Waals surface area contributed by atoms with Crippen molar-refractivity contribution in [2.75, 3.05) is 50.5 Å². The van der Waals surface area contributed by atoms with Crippen molar-refractivity contribution in [3.05, 3.63) is 42.2 Å². The van der Waals surface area contributed by atoms with Crippen LogP contribution >= 0.6 is 0 Å². The van der Waals surface area contributed by atoms with Gasteiger partial charge in [-0.2, -0.15) is 0 Å². The molecule has 1 aromatic carbocycles. The van der Waals surface area contributed by atoms with E-state index in [-0.39, 0.29) is 5.91 Å². The highest BCUT2D eigenvalue weighted by Crippen LogP contribution is 2.19. The van der Waals surface area contributed by atoms with Gasteiger partial charge in [-0.15, -0.1) is 0 Å². The molecule has 0 atom stereocenters. The Kier molecular flexibility index (Phi) is 8.00. The molecule has 0 aliphatic rings. The number of hydrogen-bond acceptors (Lipinski definition) is 6. The van der Waals surface area contributed by atoms with E-state index in [1.54, 1.807) is 12.3 Å². The summed E-state index contributed by atoms with van der Waals surface area (Å²) in [4.78, 5) is 25.1. The molecule has 27 heavy (non-hydrogen) atoms. The summed E-state index contributed by atoms with van der Waals surface area (Å²) in [6.07, 6.45) is 2.49. The maximum absolute atomic E-state index is 12.2. The van der Waals surface area contributed by atoms with Gasteiger partial charge in [-0.25, -0.2) is 9.97 Å². The average molecular weight is 371 g/mol. The van der Waals surface area contributed by atoms with E-state index in [4.69, 9.17) is 0 Å². The van der Waals surface area contributed by atoms with Crippen LogP contribution in [-0.2, 0) is 0 Å². The quantitative estimate of drug-likeness (QED) is 0.627. The summed E-state index contributed by atoms with van der Waals surface area (Å²) < 4.78 is 0. The fraction of sp³-hybridized carbons (Fsp3) is 0.450. The fourth-order valence-corrected chi connectivity index (χ4v) is 2.71. The molecule has 1 heterocycles. The van der Waals surface area contributed by atoms with Crippen LogP contribution in [0.25, 0.3) is 0 Å². The van der Waals surface area contributed by atoms with Crippen LogP contribution in [0.4, 0.5) is 17.3 Å². The van der Waals surface area contributed by atoms with Crippen LogP contribution in [0.2, 0.25) is 0 Å². The van der Waals surface area contributed by atoms with E-state index < -0.39 is 0 Å². The topological polar surface area (TPSA) is 73.4 Å². The second kappa shape index (κ2) is 10.5. The molecule has 0 saturated carbocycles. The smallest absolute Gasteiger partial charge is 0.270 e. The zero-order valence-corrected chi connectivity index (χ0v) is 16.7. The summed E-state index contributed by atoms with van der Waals surface area (Å²) >= 11 is 0. The average Bonchev–Trinajstić information content (AvgIpc) is 2.67. The second-order valence-electron chi connectivity index (χ2n) is 6.52. The Morgan fingerprint density at radius 3 is 2.41 bits per heavy atom. The number of nitrogens with one attached hydrogen (secondary N) is 2. The first-order valence-electron chi connectivity index (χ1n) is 9.41. The molecule has 0 saturated heterocycles. The van der Waals surface area contributed by atoms with Crippen molar-refractivity contribution in [3.8, 4) is 0 Å². The van der Waals surface area contributed by atoms with E-state index >= 15 is 0 Å². The predicted molar refractivity (Wildman–Crippen MR) is 111 cm³/mol. The summed E-state index contributed by atoms with van der Waals surface area (Å²) in [5, 5.41) is 6.05. The van der Waals surface area contributed by atoms with E-state index in [1.807, 2.05) is 26.2 Å². The van der Waals surface area contributed by atoms with Crippen molar-refractivity contribution in [1.82, 2.24) is 20.2 Å². The zero-order valence-electron chi connectivity index (χ0n) is 16.7. The highest BCUT2D eigenvalue weighted by atomic mass is 16.1. The lowest BCUT2D eigenvalue weighted by molar-refractivity contribution is 0.0947. The molecule has 0 unspecified atom stereocenters. The minimum Gasteiger partial charge on any atom is -0.372 e. The normalized spacial score (nSPS) is 10.7. The summed E-state index contributed by atoms with van der Waals surface area (Å²) in [5.74, 6) is 0.225. The number of carbonyl (C=O) groups excluding carboxylic acids is 1. The molecule has 146 valence electrons. The number of nitrogens with zero attached hydrogens (tertiary/aromatic N) is 4. The Hall–Kier alpha value is -2.67. The van der Waals surface area contributed by atoms with Gasteiger partial charge in [0.1, 0.15) is 5.69 Å². The maximum atomic E-state index is 12.2. The number of anilines is 3. The third-order valence-electron chi connectivity index (χ3n) is 4.21. The van der Waals surface area contributed by atoms with E-state index in [9.17, 15) is 4.79 Å². The molecule has 1 aromatic heterocycles. The predicted octanol–water partition coefficient (Wildman–Crippen LogP) is 2.75. The molecular weight excluding hydrogens is 340 g/mol. The molecule has 0 bridgehead atoms. The third-order valence-corrected chi connectivity index (χ3v) is 4.21. The number of aromatic nitrogens is 2. The molecule has 0 spiro atoms. The zero-order chi connectivity index (χ0) is 19.6. The van der Waals surface area contributed by atoms with Crippen LogP contribution in [0.15, 0.2) is 36.5 Å². The molecule has 0 fully saturated rings. The van der Waals surface area contributed by atoms with Crippen molar-refractivity contribution in [2.45, 2.75) is 20.3 Å². The van der Waals surface area contributed by atoms with E-state index in [2.05, 4.69) is 56.4 Å². The van der Waals surface area contributed by atoms with Crippen LogP contribution in [0.5, 0.6) is 0 Å². The molecule has 2 rings (SSSR count). The summed E-state index contributed by atoms with van der Waals surface area (Å²) in [6.45, 7) is 7.77. The minimum atomic E-state index is -0.184. The number of amides is 1. The van der Waals surface area contributed by atoms with Crippen molar-refractivity contribution in [3.63, 3.8) is 0 Å². The lowest BCUT2D eigenvalue weighted by Crippen LogP contribution is -2.28. The Morgan fingerprint density at radius 1 is 1.07 bits per heavy atom. The maximum Gasteiger partial charge on any atom is 0.270 e. The molecule has 0 aliphatic heterocycles. The van der Waals surface area contributed by atoms with Crippen LogP contribution < -0.4 is 15.5 Å². The fourth-order valence-electron chi connectivity index (χ4n) is 2.71. The summed E-state index contributed by atoms with van der Waals surface area (Å²) in [6, 6.07) is 9.74. The molecule has 7 nitrogen and oxygen atoms in total. The molecular formula is C20H30N6O. The Balaban J connectivity index is 1.95. The standard InChI is InChI=1S/C20H30N6O/c1-5-26(6-2)17-10-8-16(9-11-17)23-20-22-14-12-18(24-20)19(27)21-13-7-15-25(3)4/h8-12,14H,5-7,13,15H2,1-4H3,(H,21,27)(H,22,23,24). The highest BCUT2D eigenvalue weighted by Gasteiger charge is 2.09. The lowest BCUT2D eigenvalue weighted by Gasteiger charge is -2.21. The first-order valence-corrected chi connectivity index (χ1v) is 9.41. The summed E-state index contributed by atoms with van der Waals surface area (Å²) in [5.41, 5.74) is 2.42. The second-order valence-corrected chi connectivity index (χ2v) is 6.52. The van der Waals surface area contributed by atoms with Gasteiger partial charge in [-0.3, -0.25) is 4.79 Å². The van der Waals surface area contributed by atoms with Crippen molar-refractivity contribution >= 4 is 23.2 Å². The first-order chi connectivity index (χ1) is 13.0. The van der Waals surface area contributed by atoms with Crippen LogP contribution in [-0.4, -0.2) is 61.0 Å². The number of carbonyl (C=O) groups is 1. The lowest BCUT2D eigenvalue weighted by atomic mass is 10.2. The van der Waals surface area contributed by atoms with Gasteiger partial charge in [-0.05, 0) is 71.2 Å². The van der Waals surface area contributed by atoms with Crippen LogP contribution in [0.3, 0.4) is 0 Å². The SMILES string of the molecule is CCN(CC)c1ccc(Nc2nccc(C(=O)NCCCN(C)C)n2)cc1. The van der Waals surface area contributed by atoms with E-state index in [1.165, 1.54) is 5.69 Å². The molecule has 0 radical (unpaired) electrons. The van der Waals surface area contributed by atoms with Crippen LogP contribution in [0.1, 0.15) is 30.8 Å². The van der Waals surface area contributed by atoms with Gasteiger partial charge < -0.3 is 20.4 Å². The molecule has 2 aromatic rings. The van der Waals surface area contributed by atoms with E-state index in [0.29, 0.717) is 18.2 Å². The summed E-state index contributed by atoms with van der Waals surface area (Å²) in [7, 11) is 4.03. The third kappa shape index (κ3) is 6.53. The van der Waals surface area contributed by atoms with Crippen LogP contribution in [0, 0.1) is 0 Å².